The molecule has 0 aliphatic carbocycles. The van der Waals surface area contributed by atoms with E-state index in [1.807, 2.05) is 0 Å². The molecule has 13 heavy (non-hydrogen) atoms. The summed E-state index contributed by atoms with van der Waals surface area (Å²) < 4.78 is 2.81. The SMILES string of the molecule is CN(C)C(=O)Cn1ccn(C)c1=O. The maximum absolute atomic E-state index is 11.3. The lowest BCUT2D eigenvalue weighted by molar-refractivity contribution is -0.129. The Bertz CT molecular complexity index is 362. The first-order valence-corrected chi connectivity index (χ1v) is 3.94. The Labute approximate surface area is 76.2 Å². The molecule has 0 unspecified atom stereocenters. The van der Waals surface area contributed by atoms with E-state index in [0.717, 1.165) is 0 Å². The first-order chi connectivity index (χ1) is 6.02. The summed E-state index contributed by atoms with van der Waals surface area (Å²) in [7, 11) is 4.98. The Hall–Kier alpha value is -1.52. The molecule has 0 aromatic carbocycles. The summed E-state index contributed by atoms with van der Waals surface area (Å²) in [6.45, 7) is 0.104. The van der Waals surface area contributed by atoms with Gasteiger partial charge in [0.05, 0.1) is 0 Å². The summed E-state index contributed by atoms with van der Waals surface area (Å²) in [6.07, 6.45) is 3.23. The number of nitrogens with zero attached hydrogens (tertiary/aromatic N) is 3. The number of hydrogen-bond donors (Lipinski definition) is 0. The summed E-state index contributed by atoms with van der Waals surface area (Å²) in [4.78, 5) is 24.0. The molecule has 0 spiro atoms. The zero-order chi connectivity index (χ0) is 10.0. The van der Waals surface area contributed by atoms with Crippen LogP contribution in [0.1, 0.15) is 0 Å². The number of carbonyl (C=O) groups excluding carboxylic acids is 1. The molecule has 0 fully saturated rings. The van der Waals surface area contributed by atoms with E-state index in [4.69, 9.17) is 0 Å². The van der Waals surface area contributed by atoms with Gasteiger partial charge in [-0.1, -0.05) is 0 Å². The van der Waals surface area contributed by atoms with Gasteiger partial charge >= 0.3 is 5.69 Å². The van der Waals surface area contributed by atoms with Crippen LogP contribution in [-0.2, 0) is 18.4 Å². The number of hydrogen-bond acceptors (Lipinski definition) is 2. The Morgan fingerprint density at radius 1 is 1.46 bits per heavy atom. The molecule has 72 valence electrons. The molecule has 0 radical (unpaired) electrons. The average molecular weight is 183 g/mol. The van der Waals surface area contributed by atoms with Gasteiger partial charge in [0.15, 0.2) is 0 Å². The van der Waals surface area contributed by atoms with E-state index in [9.17, 15) is 9.59 Å². The predicted molar refractivity (Wildman–Crippen MR) is 48.4 cm³/mol. The highest BCUT2D eigenvalue weighted by Gasteiger charge is 2.07. The van der Waals surface area contributed by atoms with Gasteiger partial charge < -0.3 is 9.47 Å². The highest BCUT2D eigenvalue weighted by atomic mass is 16.2. The zero-order valence-corrected chi connectivity index (χ0v) is 8.02. The molecular weight excluding hydrogens is 170 g/mol. The molecule has 0 saturated carbocycles. The molecule has 0 aliphatic heterocycles. The van der Waals surface area contributed by atoms with E-state index in [2.05, 4.69) is 0 Å². The number of imidazole rings is 1. The third-order valence-electron chi connectivity index (χ3n) is 1.82. The summed E-state index contributed by atoms with van der Waals surface area (Å²) >= 11 is 0. The van der Waals surface area contributed by atoms with E-state index >= 15 is 0 Å². The lowest BCUT2D eigenvalue weighted by atomic mass is 10.5. The van der Waals surface area contributed by atoms with E-state index in [1.54, 1.807) is 33.5 Å². The normalized spacial score (nSPS) is 10.1. The predicted octanol–water partition coefficient (Wildman–Crippen LogP) is -0.725. The third-order valence-corrected chi connectivity index (χ3v) is 1.82. The first kappa shape index (κ1) is 9.57. The van der Waals surface area contributed by atoms with Gasteiger partial charge in [-0.15, -0.1) is 0 Å². The van der Waals surface area contributed by atoms with Gasteiger partial charge in [-0.2, -0.15) is 0 Å². The van der Waals surface area contributed by atoms with Gasteiger partial charge in [0.2, 0.25) is 5.91 Å². The molecule has 1 aromatic rings. The molecule has 5 nitrogen and oxygen atoms in total. The molecule has 0 saturated heterocycles. The molecule has 1 rings (SSSR count). The van der Waals surface area contributed by atoms with Gasteiger partial charge in [0, 0.05) is 33.5 Å². The Kier molecular flexibility index (Phi) is 2.55. The van der Waals surface area contributed by atoms with Crippen LogP contribution in [0.15, 0.2) is 17.2 Å². The molecule has 0 N–H and O–H groups in total. The minimum absolute atomic E-state index is 0.0895. The van der Waals surface area contributed by atoms with Crippen molar-refractivity contribution in [1.29, 1.82) is 0 Å². The minimum Gasteiger partial charge on any atom is -0.347 e. The summed E-state index contributed by atoms with van der Waals surface area (Å²) in [6, 6.07) is 0. The van der Waals surface area contributed by atoms with Crippen molar-refractivity contribution in [3.05, 3.63) is 22.9 Å². The van der Waals surface area contributed by atoms with Gasteiger partial charge in [-0.3, -0.25) is 9.36 Å². The second-order valence-corrected chi connectivity index (χ2v) is 3.11. The third kappa shape index (κ3) is 1.99. The highest BCUT2D eigenvalue weighted by Crippen LogP contribution is 1.86. The molecule has 0 atom stereocenters. The fourth-order valence-corrected chi connectivity index (χ4v) is 0.918. The van der Waals surface area contributed by atoms with Crippen molar-refractivity contribution in [1.82, 2.24) is 14.0 Å². The van der Waals surface area contributed by atoms with Crippen molar-refractivity contribution in [2.24, 2.45) is 7.05 Å². The van der Waals surface area contributed by atoms with Crippen molar-refractivity contribution in [3.63, 3.8) is 0 Å². The number of amides is 1. The van der Waals surface area contributed by atoms with Crippen LogP contribution in [0, 0.1) is 0 Å². The van der Waals surface area contributed by atoms with Crippen LogP contribution in [0.5, 0.6) is 0 Å². The van der Waals surface area contributed by atoms with Gasteiger partial charge in [-0.05, 0) is 0 Å². The number of likely N-dealkylation sites (N-methyl/N-ethyl adjacent to an activating group) is 1. The number of aryl methyl sites for hydroxylation is 1. The Morgan fingerprint density at radius 3 is 2.46 bits per heavy atom. The number of rotatable bonds is 2. The quantitative estimate of drug-likeness (QED) is 0.607. The monoisotopic (exact) mass is 183 g/mol. The lowest BCUT2D eigenvalue weighted by Crippen LogP contribution is -2.31. The fraction of sp³-hybridized carbons (Fsp3) is 0.500. The zero-order valence-electron chi connectivity index (χ0n) is 8.02. The van der Waals surface area contributed by atoms with Crippen LogP contribution in [-0.4, -0.2) is 34.0 Å². The maximum atomic E-state index is 11.3. The topological polar surface area (TPSA) is 47.2 Å². The van der Waals surface area contributed by atoms with Crippen molar-refractivity contribution < 1.29 is 4.79 Å². The van der Waals surface area contributed by atoms with Crippen molar-refractivity contribution in [2.75, 3.05) is 14.1 Å². The molecule has 1 amide bonds. The van der Waals surface area contributed by atoms with Crippen molar-refractivity contribution >= 4 is 5.91 Å². The first-order valence-electron chi connectivity index (χ1n) is 3.94. The second-order valence-electron chi connectivity index (χ2n) is 3.11. The molecule has 0 bridgehead atoms. The van der Waals surface area contributed by atoms with Gasteiger partial charge in [0.25, 0.3) is 0 Å². The molecule has 1 aromatic heterocycles. The van der Waals surface area contributed by atoms with Crippen LogP contribution >= 0.6 is 0 Å². The highest BCUT2D eigenvalue weighted by molar-refractivity contribution is 5.75. The molecular formula is C8H13N3O2. The van der Waals surface area contributed by atoms with Crippen LogP contribution in [0.25, 0.3) is 0 Å². The molecule has 1 heterocycles. The van der Waals surface area contributed by atoms with Gasteiger partial charge in [-0.25, -0.2) is 4.79 Å². The van der Waals surface area contributed by atoms with Gasteiger partial charge in [0.1, 0.15) is 6.54 Å². The summed E-state index contributed by atoms with van der Waals surface area (Å²) in [5, 5.41) is 0. The maximum Gasteiger partial charge on any atom is 0.328 e. The summed E-state index contributed by atoms with van der Waals surface area (Å²) in [5.74, 6) is -0.0895. The number of carbonyl (C=O) groups is 1. The fourth-order valence-electron chi connectivity index (χ4n) is 0.918. The minimum atomic E-state index is -0.171. The van der Waals surface area contributed by atoms with Crippen LogP contribution in [0.2, 0.25) is 0 Å². The van der Waals surface area contributed by atoms with E-state index in [-0.39, 0.29) is 18.1 Å². The van der Waals surface area contributed by atoms with Crippen molar-refractivity contribution in [3.8, 4) is 0 Å². The van der Waals surface area contributed by atoms with E-state index in [0.29, 0.717) is 0 Å². The van der Waals surface area contributed by atoms with Crippen molar-refractivity contribution in [2.45, 2.75) is 6.54 Å². The summed E-state index contributed by atoms with van der Waals surface area (Å²) in [5.41, 5.74) is -0.171. The van der Waals surface area contributed by atoms with Crippen LogP contribution < -0.4 is 5.69 Å². The smallest absolute Gasteiger partial charge is 0.328 e. The van der Waals surface area contributed by atoms with E-state index < -0.39 is 0 Å². The average Bonchev–Trinajstić information content (AvgIpc) is 2.36. The van der Waals surface area contributed by atoms with Crippen LogP contribution in [0.4, 0.5) is 0 Å². The van der Waals surface area contributed by atoms with E-state index in [1.165, 1.54) is 14.0 Å². The second kappa shape index (κ2) is 3.47. The Morgan fingerprint density at radius 2 is 2.08 bits per heavy atom. The Balaban J connectivity index is 2.81. The lowest BCUT2D eigenvalue weighted by Gasteiger charge is -2.09. The van der Waals surface area contributed by atoms with Crippen LogP contribution in [0.3, 0.4) is 0 Å². The molecule has 5 heteroatoms. The number of aromatic nitrogens is 2. The standard InChI is InChI=1S/C8H13N3O2/c1-9(2)7(12)6-11-5-4-10(3)8(11)13/h4-5H,6H2,1-3H3. The molecule has 0 aliphatic rings. The largest absolute Gasteiger partial charge is 0.347 e.